The van der Waals surface area contributed by atoms with Crippen LogP contribution in [-0.2, 0) is 9.59 Å². The Kier molecular flexibility index (Phi) is 6.96. The molecule has 8 heteroatoms. The number of carbonyl (C=O) groups excluding carboxylic acids is 3. The molecule has 2 aromatic heterocycles. The fourth-order valence-corrected chi connectivity index (χ4v) is 2.98. The van der Waals surface area contributed by atoms with Gasteiger partial charge in [0.05, 0.1) is 11.1 Å². The van der Waals surface area contributed by atoms with Gasteiger partial charge in [-0.2, -0.15) is 0 Å². The molecule has 0 aliphatic rings. The molecule has 3 amide bonds. The summed E-state index contributed by atoms with van der Waals surface area (Å²) in [5.41, 5.74) is 1.24. The van der Waals surface area contributed by atoms with E-state index >= 15 is 0 Å². The van der Waals surface area contributed by atoms with E-state index in [1.54, 1.807) is 48.5 Å². The lowest BCUT2D eigenvalue weighted by Gasteiger charge is -2.08. The Balaban J connectivity index is 1.39. The van der Waals surface area contributed by atoms with E-state index in [-0.39, 0.29) is 30.7 Å². The van der Waals surface area contributed by atoms with Crippen LogP contribution in [0.3, 0.4) is 0 Å². The molecule has 0 aliphatic heterocycles. The summed E-state index contributed by atoms with van der Waals surface area (Å²) in [7, 11) is 0. The lowest BCUT2D eigenvalue weighted by atomic mass is 10.2. The van der Waals surface area contributed by atoms with Gasteiger partial charge in [0, 0.05) is 30.4 Å². The van der Waals surface area contributed by atoms with Crippen LogP contribution in [0.15, 0.2) is 70.7 Å². The SMILES string of the molecule is O=C(/C=C/c1ccco1)NCCC(=O)Nc1ccc(NC(=O)c2cccs2)cc1. The maximum absolute atomic E-state index is 12.0. The average molecular weight is 409 g/mol. The van der Waals surface area contributed by atoms with Crippen LogP contribution in [0.5, 0.6) is 0 Å². The molecule has 0 spiro atoms. The molecule has 3 aromatic rings. The molecule has 148 valence electrons. The number of thiophene rings is 1. The van der Waals surface area contributed by atoms with Crippen molar-refractivity contribution in [2.24, 2.45) is 0 Å². The third-order valence-corrected chi connectivity index (χ3v) is 4.63. The third-order valence-electron chi connectivity index (χ3n) is 3.76. The van der Waals surface area contributed by atoms with E-state index in [0.717, 1.165) is 0 Å². The van der Waals surface area contributed by atoms with Gasteiger partial charge in [-0.15, -0.1) is 11.3 Å². The fraction of sp³-hybridized carbons (Fsp3) is 0.0952. The van der Waals surface area contributed by atoms with E-state index in [0.29, 0.717) is 22.0 Å². The predicted molar refractivity (Wildman–Crippen MR) is 113 cm³/mol. The van der Waals surface area contributed by atoms with Crippen LogP contribution in [-0.4, -0.2) is 24.3 Å². The molecule has 7 nitrogen and oxygen atoms in total. The highest BCUT2D eigenvalue weighted by atomic mass is 32.1. The molecular formula is C21H19N3O4S. The van der Waals surface area contributed by atoms with Crippen molar-refractivity contribution in [2.75, 3.05) is 17.2 Å². The molecule has 29 heavy (non-hydrogen) atoms. The minimum Gasteiger partial charge on any atom is -0.465 e. The van der Waals surface area contributed by atoms with Crippen molar-refractivity contribution < 1.29 is 18.8 Å². The number of furan rings is 1. The number of carbonyl (C=O) groups is 3. The van der Waals surface area contributed by atoms with Crippen LogP contribution >= 0.6 is 11.3 Å². The van der Waals surface area contributed by atoms with Gasteiger partial charge in [-0.3, -0.25) is 14.4 Å². The van der Waals surface area contributed by atoms with Crippen LogP contribution in [0.4, 0.5) is 11.4 Å². The first kappa shape index (κ1) is 20.1. The molecule has 2 heterocycles. The number of rotatable bonds is 8. The van der Waals surface area contributed by atoms with Crippen LogP contribution in [0.2, 0.25) is 0 Å². The maximum atomic E-state index is 12.0. The molecule has 0 aliphatic carbocycles. The van der Waals surface area contributed by atoms with E-state index in [4.69, 9.17) is 4.42 Å². The second kappa shape index (κ2) is 10.0. The normalized spacial score (nSPS) is 10.6. The van der Waals surface area contributed by atoms with Gasteiger partial charge >= 0.3 is 0 Å². The van der Waals surface area contributed by atoms with Gasteiger partial charge in [0.1, 0.15) is 5.76 Å². The molecule has 0 saturated heterocycles. The van der Waals surface area contributed by atoms with Gasteiger partial charge in [-0.1, -0.05) is 6.07 Å². The summed E-state index contributed by atoms with van der Waals surface area (Å²) in [6.45, 7) is 0.210. The summed E-state index contributed by atoms with van der Waals surface area (Å²) in [5.74, 6) is -0.128. The first-order valence-corrected chi connectivity index (χ1v) is 9.72. The Labute approximate surface area is 171 Å². The first-order chi connectivity index (χ1) is 14.1. The Morgan fingerprint density at radius 3 is 2.38 bits per heavy atom. The third kappa shape index (κ3) is 6.47. The van der Waals surface area contributed by atoms with E-state index in [2.05, 4.69) is 16.0 Å². The minimum absolute atomic E-state index is 0.136. The summed E-state index contributed by atoms with van der Waals surface area (Å²) in [6.07, 6.45) is 4.55. The minimum atomic E-state index is -0.306. The second-order valence-electron chi connectivity index (χ2n) is 5.95. The second-order valence-corrected chi connectivity index (χ2v) is 6.89. The van der Waals surface area contributed by atoms with E-state index in [1.165, 1.54) is 23.7 Å². The smallest absolute Gasteiger partial charge is 0.265 e. The van der Waals surface area contributed by atoms with E-state index < -0.39 is 0 Å². The lowest BCUT2D eigenvalue weighted by Crippen LogP contribution is -2.26. The van der Waals surface area contributed by atoms with Crippen LogP contribution in [0, 0.1) is 0 Å². The van der Waals surface area contributed by atoms with Gasteiger partial charge in [0.2, 0.25) is 11.8 Å². The summed E-state index contributed by atoms with van der Waals surface area (Å²) in [6, 6.07) is 13.8. The van der Waals surface area contributed by atoms with E-state index in [9.17, 15) is 14.4 Å². The number of hydrogen-bond acceptors (Lipinski definition) is 5. The number of nitrogens with one attached hydrogen (secondary N) is 3. The van der Waals surface area contributed by atoms with Crippen molar-refractivity contribution in [1.29, 1.82) is 0 Å². The van der Waals surface area contributed by atoms with Gasteiger partial charge in [0.15, 0.2) is 0 Å². The standard InChI is InChI=1S/C21H19N3O4S/c25-19(10-9-17-3-1-13-28-17)22-12-11-20(26)23-15-5-7-16(8-6-15)24-21(27)18-4-2-14-29-18/h1-10,13-14H,11-12H2,(H,22,25)(H,23,26)(H,24,27)/b10-9+. The molecule has 0 fully saturated rings. The van der Waals surface area contributed by atoms with Crippen molar-refractivity contribution >= 4 is 46.5 Å². The topological polar surface area (TPSA) is 100 Å². The highest BCUT2D eigenvalue weighted by Crippen LogP contribution is 2.16. The number of amides is 3. The molecule has 1 aromatic carbocycles. The molecule has 0 bridgehead atoms. The van der Waals surface area contributed by atoms with Crippen LogP contribution in [0.1, 0.15) is 21.9 Å². The Bertz CT molecular complexity index is 978. The highest BCUT2D eigenvalue weighted by molar-refractivity contribution is 7.12. The summed E-state index contributed by atoms with van der Waals surface area (Å²) < 4.78 is 5.09. The average Bonchev–Trinajstić information content (AvgIpc) is 3.42. The predicted octanol–water partition coefficient (Wildman–Crippen LogP) is 3.75. The number of benzene rings is 1. The van der Waals surface area contributed by atoms with Gasteiger partial charge in [-0.05, 0) is 53.9 Å². The maximum Gasteiger partial charge on any atom is 0.265 e. The molecule has 0 unspecified atom stereocenters. The van der Waals surface area contributed by atoms with Crippen LogP contribution in [0.25, 0.3) is 6.08 Å². The highest BCUT2D eigenvalue weighted by Gasteiger charge is 2.07. The Morgan fingerprint density at radius 1 is 0.966 bits per heavy atom. The monoisotopic (exact) mass is 409 g/mol. The molecule has 0 atom stereocenters. The molecule has 0 saturated carbocycles. The van der Waals surface area contributed by atoms with Crippen molar-refractivity contribution in [1.82, 2.24) is 5.32 Å². The summed E-state index contributed by atoms with van der Waals surface area (Å²) in [5, 5.41) is 10.0. The Hall–Kier alpha value is -3.65. The molecular weight excluding hydrogens is 390 g/mol. The fourth-order valence-electron chi connectivity index (χ4n) is 2.36. The van der Waals surface area contributed by atoms with Crippen molar-refractivity contribution in [2.45, 2.75) is 6.42 Å². The number of hydrogen-bond donors (Lipinski definition) is 3. The molecule has 3 N–H and O–H groups in total. The van der Waals surface area contributed by atoms with Gasteiger partial charge in [-0.25, -0.2) is 0 Å². The zero-order chi connectivity index (χ0) is 20.5. The van der Waals surface area contributed by atoms with Crippen molar-refractivity contribution in [3.8, 4) is 0 Å². The summed E-state index contributed by atoms with van der Waals surface area (Å²) >= 11 is 1.37. The van der Waals surface area contributed by atoms with Gasteiger partial charge < -0.3 is 20.4 Å². The Morgan fingerprint density at radius 2 is 1.72 bits per heavy atom. The van der Waals surface area contributed by atoms with Gasteiger partial charge in [0.25, 0.3) is 5.91 Å². The van der Waals surface area contributed by atoms with E-state index in [1.807, 2.05) is 11.4 Å². The quantitative estimate of drug-likeness (QED) is 0.493. The molecule has 0 radical (unpaired) electrons. The lowest BCUT2D eigenvalue weighted by molar-refractivity contribution is -0.117. The summed E-state index contributed by atoms with van der Waals surface area (Å²) in [4.78, 5) is 36.3. The zero-order valence-corrected chi connectivity index (χ0v) is 16.2. The van der Waals surface area contributed by atoms with Crippen molar-refractivity contribution in [3.05, 3.63) is 76.9 Å². The molecule has 3 rings (SSSR count). The van der Waals surface area contributed by atoms with Crippen molar-refractivity contribution in [3.63, 3.8) is 0 Å². The number of anilines is 2. The van der Waals surface area contributed by atoms with Crippen LogP contribution < -0.4 is 16.0 Å². The first-order valence-electron chi connectivity index (χ1n) is 8.84. The zero-order valence-electron chi connectivity index (χ0n) is 15.4. The largest absolute Gasteiger partial charge is 0.465 e.